The van der Waals surface area contributed by atoms with Gasteiger partial charge in [0.1, 0.15) is 18.3 Å². The van der Waals surface area contributed by atoms with Crippen LogP contribution < -0.4 is 0 Å². The van der Waals surface area contributed by atoms with Crippen LogP contribution in [0.3, 0.4) is 0 Å². The lowest BCUT2D eigenvalue weighted by Gasteiger charge is -2.19. The summed E-state index contributed by atoms with van der Waals surface area (Å²) in [4.78, 5) is 20.3. The molecule has 0 bridgehead atoms. The zero-order valence-electron chi connectivity index (χ0n) is 13.8. The fourth-order valence-electron chi connectivity index (χ4n) is 1.73. The number of hydrogen-bond donors (Lipinski definition) is 7. The molecule has 0 aliphatic carbocycles. The number of carboxylic acids is 2. The summed E-state index contributed by atoms with van der Waals surface area (Å²) in [5.41, 5.74) is 0. The lowest BCUT2D eigenvalue weighted by atomic mass is 10.1. The quantitative estimate of drug-likeness (QED) is 0.211. The second-order valence-electron chi connectivity index (χ2n) is 5.40. The molecular weight excluding hydrogens is 324 g/mol. The minimum atomic E-state index is -1.49. The lowest BCUT2D eigenvalue weighted by Crippen LogP contribution is -2.41. The molecule has 0 aliphatic heterocycles. The first kappa shape index (κ1) is 25.0. The summed E-state index contributed by atoms with van der Waals surface area (Å²) in [5.74, 6) is -1.48. The molecule has 0 amide bonds. The van der Waals surface area contributed by atoms with Crippen molar-refractivity contribution in [2.45, 2.75) is 69.7 Å². The molecule has 144 valence electrons. The first-order valence-electron chi connectivity index (χ1n) is 7.95. The Labute approximate surface area is 141 Å². The Kier molecular flexibility index (Phi) is 17.3. The van der Waals surface area contributed by atoms with Gasteiger partial charge < -0.3 is 35.7 Å². The van der Waals surface area contributed by atoms with Crippen LogP contribution in [0.2, 0.25) is 0 Å². The Hall–Kier alpha value is -1.26. The Bertz CT molecular complexity index is 292. The second kappa shape index (κ2) is 16.6. The molecule has 2 unspecified atom stereocenters. The zero-order chi connectivity index (χ0) is 19.0. The van der Waals surface area contributed by atoms with E-state index < -0.39 is 43.5 Å². The average molecular weight is 354 g/mol. The van der Waals surface area contributed by atoms with Crippen molar-refractivity contribution in [3.05, 3.63) is 0 Å². The fourth-order valence-corrected chi connectivity index (χ4v) is 1.73. The molecule has 9 nitrogen and oxygen atoms in total. The van der Waals surface area contributed by atoms with Gasteiger partial charge in [0.2, 0.25) is 0 Å². The monoisotopic (exact) mass is 354 g/mol. The number of rotatable bonds is 13. The first-order valence-corrected chi connectivity index (χ1v) is 7.95. The molecule has 7 N–H and O–H groups in total. The van der Waals surface area contributed by atoms with Gasteiger partial charge in [-0.1, -0.05) is 25.7 Å². The average Bonchev–Trinajstić information content (AvgIpc) is 2.55. The molecule has 0 aromatic heterocycles. The van der Waals surface area contributed by atoms with E-state index in [0.29, 0.717) is 0 Å². The third-order valence-electron chi connectivity index (χ3n) is 3.19. The summed E-state index contributed by atoms with van der Waals surface area (Å²) in [5, 5.41) is 59.3. The van der Waals surface area contributed by atoms with Crippen molar-refractivity contribution >= 4 is 11.9 Å². The van der Waals surface area contributed by atoms with Crippen molar-refractivity contribution < 1.29 is 45.3 Å². The summed E-state index contributed by atoms with van der Waals surface area (Å²) >= 11 is 0. The van der Waals surface area contributed by atoms with E-state index in [1.165, 1.54) is 0 Å². The summed E-state index contributed by atoms with van der Waals surface area (Å²) in [6.07, 6.45) is 1.53. The van der Waals surface area contributed by atoms with E-state index in [1.807, 2.05) is 0 Å². The van der Waals surface area contributed by atoms with Crippen LogP contribution in [0.1, 0.15) is 51.4 Å². The van der Waals surface area contributed by atoms with E-state index in [2.05, 4.69) is 0 Å². The van der Waals surface area contributed by atoms with E-state index in [-0.39, 0.29) is 12.8 Å². The highest BCUT2D eigenvalue weighted by molar-refractivity contribution is 5.66. The third kappa shape index (κ3) is 17.1. The van der Waals surface area contributed by atoms with Gasteiger partial charge in [-0.15, -0.1) is 0 Å². The van der Waals surface area contributed by atoms with Crippen molar-refractivity contribution in [2.24, 2.45) is 0 Å². The second-order valence-corrected chi connectivity index (χ2v) is 5.40. The standard InChI is InChI=1S/C10H18O4.C5H12O5/c11-9(12)7-5-3-1-2-4-6-8-10(13)14;6-1-3(8)5(10)4(9)2-7/h1-8H2,(H,11,12)(H,13,14);3-10H,1-2H2. The molecule has 0 saturated heterocycles. The maximum Gasteiger partial charge on any atom is 0.303 e. The molecular formula is C15H30O9. The minimum absolute atomic E-state index is 0.245. The van der Waals surface area contributed by atoms with Crippen molar-refractivity contribution in [3.8, 4) is 0 Å². The number of aliphatic hydroxyl groups excluding tert-OH is 5. The fraction of sp³-hybridized carbons (Fsp3) is 0.867. The Balaban J connectivity index is 0. The Morgan fingerprint density at radius 3 is 1.17 bits per heavy atom. The lowest BCUT2D eigenvalue weighted by molar-refractivity contribution is -0.138. The highest BCUT2D eigenvalue weighted by Crippen LogP contribution is 2.08. The smallest absolute Gasteiger partial charge is 0.303 e. The number of aliphatic hydroxyl groups is 5. The molecule has 0 radical (unpaired) electrons. The maximum atomic E-state index is 10.1. The molecule has 0 rings (SSSR count). The van der Waals surface area contributed by atoms with Crippen LogP contribution in [0.5, 0.6) is 0 Å². The van der Waals surface area contributed by atoms with E-state index in [0.717, 1.165) is 38.5 Å². The number of hydrogen-bond acceptors (Lipinski definition) is 7. The number of carbonyl (C=O) groups is 2. The van der Waals surface area contributed by atoms with Crippen molar-refractivity contribution in [3.63, 3.8) is 0 Å². The summed E-state index contributed by atoms with van der Waals surface area (Å²) in [6, 6.07) is 0. The summed E-state index contributed by atoms with van der Waals surface area (Å²) in [6.45, 7) is -1.28. The molecule has 0 spiro atoms. The van der Waals surface area contributed by atoms with E-state index in [1.54, 1.807) is 0 Å². The highest BCUT2D eigenvalue weighted by atomic mass is 16.4. The van der Waals surface area contributed by atoms with Crippen molar-refractivity contribution in [1.82, 2.24) is 0 Å². The van der Waals surface area contributed by atoms with Crippen LogP contribution in [0, 0.1) is 0 Å². The molecule has 0 heterocycles. The molecule has 0 aliphatic rings. The van der Waals surface area contributed by atoms with Gasteiger partial charge in [0.15, 0.2) is 0 Å². The third-order valence-corrected chi connectivity index (χ3v) is 3.19. The van der Waals surface area contributed by atoms with E-state index in [9.17, 15) is 9.59 Å². The number of carboxylic acid groups (broad SMARTS) is 2. The van der Waals surface area contributed by atoms with Gasteiger partial charge in [0.05, 0.1) is 13.2 Å². The Morgan fingerprint density at radius 2 is 0.917 bits per heavy atom. The predicted octanol–water partition coefficient (Wildman–Crippen LogP) is -0.670. The molecule has 24 heavy (non-hydrogen) atoms. The summed E-state index contributed by atoms with van der Waals surface area (Å²) in [7, 11) is 0. The Morgan fingerprint density at radius 1 is 0.625 bits per heavy atom. The number of aliphatic carboxylic acids is 2. The van der Waals surface area contributed by atoms with Crippen LogP contribution in [-0.2, 0) is 9.59 Å². The molecule has 0 fully saturated rings. The normalized spacial score (nSPS) is 14.2. The highest BCUT2D eigenvalue weighted by Gasteiger charge is 2.22. The maximum absolute atomic E-state index is 10.1. The molecule has 0 aromatic rings. The largest absolute Gasteiger partial charge is 0.481 e. The van der Waals surface area contributed by atoms with Gasteiger partial charge in [-0.3, -0.25) is 9.59 Å². The summed E-state index contributed by atoms with van der Waals surface area (Å²) < 4.78 is 0. The van der Waals surface area contributed by atoms with Crippen LogP contribution in [-0.4, -0.2) is 79.2 Å². The van der Waals surface area contributed by atoms with Crippen LogP contribution in [0.4, 0.5) is 0 Å². The topological polar surface area (TPSA) is 176 Å². The molecule has 9 heteroatoms. The van der Waals surface area contributed by atoms with Crippen LogP contribution >= 0.6 is 0 Å². The van der Waals surface area contributed by atoms with Gasteiger partial charge in [-0.2, -0.15) is 0 Å². The van der Waals surface area contributed by atoms with Gasteiger partial charge in [0.25, 0.3) is 0 Å². The van der Waals surface area contributed by atoms with Gasteiger partial charge in [0, 0.05) is 12.8 Å². The van der Waals surface area contributed by atoms with Crippen molar-refractivity contribution in [2.75, 3.05) is 13.2 Å². The van der Waals surface area contributed by atoms with Gasteiger partial charge in [-0.25, -0.2) is 0 Å². The zero-order valence-corrected chi connectivity index (χ0v) is 13.8. The number of unbranched alkanes of at least 4 members (excludes halogenated alkanes) is 5. The van der Waals surface area contributed by atoms with Gasteiger partial charge >= 0.3 is 11.9 Å². The predicted molar refractivity (Wildman–Crippen MR) is 84.4 cm³/mol. The van der Waals surface area contributed by atoms with Gasteiger partial charge in [-0.05, 0) is 12.8 Å². The molecule has 2 atom stereocenters. The van der Waals surface area contributed by atoms with Crippen molar-refractivity contribution in [1.29, 1.82) is 0 Å². The SMILES string of the molecule is O=C(O)CCCCCCCCC(=O)O.OCC(O)C(O)C(O)CO. The first-order chi connectivity index (χ1) is 11.3. The van der Waals surface area contributed by atoms with Crippen LogP contribution in [0.25, 0.3) is 0 Å². The van der Waals surface area contributed by atoms with E-state index in [4.69, 9.17) is 35.7 Å². The molecule has 0 saturated carbocycles. The molecule has 0 aromatic carbocycles. The van der Waals surface area contributed by atoms with Crippen LogP contribution in [0.15, 0.2) is 0 Å². The van der Waals surface area contributed by atoms with E-state index >= 15 is 0 Å². The minimum Gasteiger partial charge on any atom is -0.481 e.